The molecule has 0 saturated carbocycles. The lowest BCUT2D eigenvalue weighted by Crippen LogP contribution is -2.52. The molecule has 0 aliphatic carbocycles. The van der Waals surface area contributed by atoms with Gasteiger partial charge in [-0.3, -0.25) is 4.79 Å². The number of aliphatic hydroxyl groups is 1. The molecule has 0 saturated heterocycles. The molecule has 3 N–H and O–H groups in total. The Morgan fingerprint density at radius 2 is 1.93 bits per heavy atom. The molecule has 146 valence electrons. The predicted octanol–water partition coefficient (Wildman–Crippen LogP) is 3.24. The molecule has 0 bridgehead atoms. The molecule has 1 aromatic heterocycles. The largest absolute Gasteiger partial charge is 0.485 e. The van der Waals surface area contributed by atoms with Crippen LogP contribution in [0.2, 0.25) is 0 Å². The van der Waals surface area contributed by atoms with E-state index in [0.717, 1.165) is 40.7 Å². The van der Waals surface area contributed by atoms with Crippen LogP contribution >= 0.6 is 0 Å². The maximum Gasteiger partial charge on any atom is 0.248 e. The molecule has 3 aromatic rings. The first kappa shape index (κ1) is 18.7. The molecule has 2 aromatic carbocycles. The number of aromatic amines is 1. The lowest BCUT2D eigenvalue weighted by Gasteiger charge is -2.42. The predicted molar refractivity (Wildman–Crippen MR) is 111 cm³/mol. The molecule has 0 radical (unpaired) electrons. The highest BCUT2D eigenvalue weighted by molar-refractivity contribution is 5.84. The number of fused-ring (bicyclic) bond motifs is 2. The second-order valence-corrected chi connectivity index (χ2v) is 8.07. The lowest BCUT2D eigenvalue weighted by atomic mass is 9.85. The molecule has 1 aliphatic heterocycles. The van der Waals surface area contributed by atoms with Crippen molar-refractivity contribution in [2.75, 3.05) is 6.54 Å². The van der Waals surface area contributed by atoms with Gasteiger partial charge in [-0.25, -0.2) is 0 Å². The van der Waals surface area contributed by atoms with Crippen LogP contribution in [0.4, 0.5) is 0 Å². The van der Waals surface area contributed by atoms with E-state index in [1.807, 2.05) is 51.1 Å². The number of aryl methyl sites for hydroxylation is 1. The summed E-state index contributed by atoms with van der Waals surface area (Å²) in [7, 11) is 0. The quantitative estimate of drug-likeness (QED) is 0.652. The van der Waals surface area contributed by atoms with Gasteiger partial charge in [-0.2, -0.15) is 0 Å². The number of aromatic nitrogens is 1. The molecular weight excluding hydrogens is 352 g/mol. The summed E-state index contributed by atoms with van der Waals surface area (Å²) in [6, 6.07) is 15.5. The van der Waals surface area contributed by atoms with Gasteiger partial charge < -0.3 is 20.1 Å². The van der Waals surface area contributed by atoms with E-state index in [4.69, 9.17) is 4.74 Å². The van der Waals surface area contributed by atoms with Gasteiger partial charge in [-0.05, 0) is 57.0 Å². The van der Waals surface area contributed by atoms with Crippen LogP contribution in [-0.2, 0) is 6.42 Å². The maximum absolute atomic E-state index is 11.9. The van der Waals surface area contributed by atoms with Gasteiger partial charge in [0.15, 0.2) is 0 Å². The van der Waals surface area contributed by atoms with Gasteiger partial charge in [-0.15, -0.1) is 0 Å². The van der Waals surface area contributed by atoms with Gasteiger partial charge in [-0.1, -0.05) is 30.3 Å². The van der Waals surface area contributed by atoms with E-state index in [0.29, 0.717) is 0 Å². The summed E-state index contributed by atoms with van der Waals surface area (Å²) >= 11 is 0. The third-order valence-electron chi connectivity index (χ3n) is 5.54. The summed E-state index contributed by atoms with van der Waals surface area (Å²) in [4.78, 5) is 14.8. The van der Waals surface area contributed by atoms with Crippen LogP contribution in [0.25, 0.3) is 10.9 Å². The Hall–Kier alpha value is -2.63. The highest BCUT2D eigenvalue weighted by atomic mass is 16.5. The Bertz CT molecular complexity index is 1060. The summed E-state index contributed by atoms with van der Waals surface area (Å²) in [5.41, 5.74) is 2.93. The molecule has 0 unspecified atom stereocenters. The number of hydrogen-bond donors (Lipinski definition) is 3. The van der Waals surface area contributed by atoms with Crippen LogP contribution in [-0.4, -0.2) is 28.3 Å². The van der Waals surface area contributed by atoms with Gasteiger partial charge in [0.1, 0.15) is 17.5 Å². The minimum atomic E-state index is -0.721. The second-order valence-electron chi connectivity index (χ2n) is 8.07. The first-order chi connectivity index (χ1) is 13.3. The Morgan fingerprint density at radius 1 is 1.18 bits per heavy atom. The standard InChI is InChI=1S/C23H26N2O3/c1-14-11-20(26)25-18-12-17-19(13-16(14)18)28-23(2,3)22(27)21(17)24-10-9-15-7-5-4-6-8-15/h4-8,11-13,21-22,24,27H,9-10H2,1-3H3,(H,25,26)/t21-,22+/m0/s1. The molecule has 1 aliphatic rings. The van der Waals surface area contributed by atoms with Crippen LogP contribution < -0.4 is 15.6 Å². The van der Waals surface area contributed by atoms with Crippen molar-refractivity contribution in [1.29, 1.82) is 0 Å². The molecule has 28 heavy (non-hydrogen) atoms. The Morgan fingerprint density at radius 3 is 2.68 bits per heavy atom. The van der Waals surface area contributed by atoms with Crippen LogP contribution in [0.15, 0.2) is 53.3 Å². The number of benzene rings is 2. The van der Waals surface area contributed by atoms with E-state index in [9.17, 15) is 9.90 Å². The molecule has 0 spiro atoms. The number of pyridine rings is 1. The summed E-state index contributed by atoms with van der Waals surface area (Å²) in [6.45, 7) is 6.44. The zero-order chi connectivity index (χ0) is 19.9. The van der Waals surface area contributed by atoms with Gasteiger partial charge in [0.2, 0.25) is 5.56 Å². The molecular formula is C23H26N2O3. The minimum Gasteiger partial charge on any atom is -0.485 e. The van der Waals surface area contributed by atoms with E-state index in [1.54, 1.807) is 6.07 Å². The van der Waals surface area contributed by atoms with E-state index < -0.39 is 11.7 Å². The van der Waals surface area contributed by atoms with Crippen molar-refractivity contribution < 1.29 is 9.84 Å². The number of H-pyrrole nitrogens is 1. The smallest absolute Gasteiger partial charge is 0.248 e. The van der Waals surface area contributed by atoms with Crippen molar-refractivity contribution >= 4 is 10.9 Å². The zero-order valence-electron chi connectivity index (χ0n) is 16.5. The highest BCUT2D eigenvalue weighted by Gasteiger charge is 2.42. The molecule has 2 heterocycles. The molecule has 5 nitrogen and oxygen atoms in total. The Balaban J connectivity index is 1.69. The number of hydrogen-bond acceptors (Lipinski definition) is 4. The third-order valence-corrected chi connectivity index (χ3v) is 5.54. The number of nitrogens with one attached hydrogen (secondary N) is 2. The van der Waals surface area contributed by atoms with Gasteiger partial charge >= 0.3 is 0 Å². The fourth-order valence-electron chi connectivity index (χ4n) is 3.95. The molecule has 0 fully saturated rings. The fraction of sp³-hybridized carbons (Fsp3) is 0.348. The van der Waals surface area contributed by atoms with Crippen molar-refractivity contribution in [3.8, 4) is 5.75 Å². The average Bonchev–Trinajstić information content (AvgIpc) is 2.65. The highest BCUT2D eigenvalue weighted by Crippen LogP contribution is 2.41. The number of aliphatic hydroxyl groups excluding tert-OH is 1. The van der Waals surface area contributed by atoms with Crippen molar-refractivity contribution in [3.05, 3.63) is 75.6 Å². The molecule has 4 rings (SSSR count). The minimum absolute atomic E-state index is 0.129. The number of ether oxygens (including phenoxy) is 1. The van der Waals surface area contributed by atoms with Crippen LogP contribution in [0.3, 0.4) is 0 Å². The fourth-order valence-corrected chi connectivity index (χ4v) is 3.95. The zero-order valence-corrected chi connectivity index (χ0v) is 16.5. The molecule has 2 atom stereocenters. The van der Waals surface area contributed by atoms with Gasteiger partial charge in [0, 0.05) is 22.5 Å². The van der Waals surface area contributed by atoms with Crippen molar-refractivity contribution in [2.45, 2.75) is 44.9 Å². The topological polar surface area (TPSA) is 74.4 Å². The Labute approximate surface area is 164 Å². The van der Waals surface area contributed by atoms with E-state index >= 15 is 0 Å². The van der Waals surface area contributed by atoms with Crippen molar-refractivity contribution in [2.24, 2.45) is 0 Å². The first-order valence-electron chi connectivity index (χ1n) is 9.67. The normalized spacial score (nSPS) is 20.6. The third kappa shape index (κ3) is 3.43. The van der Waals surface area contributed by atoms with Crippen LogP contribution in [0, 0.1) is 6.92 Å². The Kier molecular flexibility index (Phi) is 4.73. The van der Waals surface area contributed by atoms with Crippen molar-refractivity contribution in [1.82, 2.24) is 10.3 Å². The monoisotopic (exact) mass is 378 g/mol. The lowest BCUT2D eigenvalue weighted by molar-refractivity contribution is -0.0642. The maximum atomic E-state index is 11.9. The van der Waals surface area contributed by atoms with Crippen LogP contribution in [0.5, 0.6) is 5.75 Å². The average molecular weight is 378 g/mol. The summed E-state index contributed by atoms with van der Waals surface area (Å²) < 4.78 is 6.14. The summed E-state index contributed by atoms with van der Waals surface area (Å²) in [5, 5.41) is 15.4. The van der Waals surface area contributed by atoms with E-state index in [-0.39, 0.29) is 11.6 Å². The molecule has 5 heteroatoms. The van der Waals surface area contributed by atoms with Gasteiger partial charge in [0.05, 0.1) is 6.04 Å². The number of rotatable bonds is 4. The van der Waals surface area contributed by atoms with Crippen LogP contribution in [0.1, 0.15) is 36.6 Å². The first-order valence-corrected chi connectivity index (χ1v) is 9.67. The van der Waals surface area contributed by atoms with Crippen molar-refractivity contribution in [3.63, 3.8) is 0 Å². The van der Waals surface area contributed by atoms with E-state index in [1.165, 1.54) is 5.56 Å². The van der Waals surface area contributed by atoms with E-state index in [2.05, 4.69) is 22.4 Å². The van der Waals surface area contributed by atoms with Gasteiger partial charge in [0.25, 0.3) is 0 Å². The molecule has 0 amide bonds. The summed E-state index contributed by atoms with van der Waals surface area (Å²) in [5.74, 6) is 0.746. The second kappa shape index (κ2) is 7.08. The SMILES string of the molecule is Cc1cc(=O)[nH]c2cc3c(cc12)OC(C)(C)[C@H](O)[C@H]3NCCc1ccccc1. The summed E-state index contributed by atoms with van der Waals surface area (Å²) in [6.07, 6.45) is 0.147.